The molecular weight excluding hydrogens is 1390 g/mol. The zero-order valence-electron chi connectivity index (χ0n) is 61.1. The van der Waals surface area contributed by atoms with E-state index in [1.807, 2.05) is 55.5 Å². The molecule has 0 bridgehead atoms. The molecule has 3 aromatic carbocycles. The van der Waals surface area contributed by atoms with Crippen molar-refractivity contribution in [3.05, 3.63) is 119 Å². The number of Topliss-reactive ketones (excluding diaryl/α,β-unsaturated/α-hetero) is 1. The van der Waals surface area contributed by atoms with Crippen LogP contribution in [0.1, 0.15) is 121 Å². The van der Waals surface area contributed by atoms with Gasteiger partial charge in [-0.25, -0.2) is 23.2 Å². The quantitative estimate of drug-likeness (QED) is 0.0244. The Morgan fingerprint density at radius 1 is 0.729 bits per heavy atom. The summed E-state index contributed by atoms with van der Waals surface area (Å²) in [4.78, 5) is 132. The van der Waals surface area contributed by atoms with E-state index in [1.165, 1.54) is 19.1 Å². The van der Waals surface area contributed by atoms with Gasteiger partial charge in [0, 0.05) is 79.0 Å². The Hall–Kier alpha value is -9.22. The highest BCUT2D eigenvalue weighted by Crippen LogP contribution is 2.72. The summed E-state index contributed by atoms with van der Waals surface area (Å²) in [6.07, 6.45) is -2.50. The average molecular weight is 1490 g/mol. The van der Waals surface area contributed by atoms with Crippen molar-refractivity contribution in [2.75, 3.05) is 95.9 Å². The van der Waals surface area contributed by atoms with Gasteiger partial charge in [-0.1, -0.05) is 94.5 Å². The number of alkyl carbamates (subject to hydrolysis) is 2. The van der Waals surface area contributed by atoms with Crippen LogP contribution in [-0.2, 0) is 84.6 Å². The summed E-state index contributed by atoms with van der Waals surface area (Å²) in [5.74, 6) is 0.883. The SMILES string of the molecule is CCCC1O[C@@H]2C[C@H]3[C@@H]4C[C@H](F)C5=CC(=O)C=C[C@]5(C)[C@@]4(F)[C@@H](O)C[C@]3(C)[C@]2(C(=O)COC(=O)NCCNC(=O)OCc2ccc(NC(=O)[C@H](CCCNC(N)=O)NC(=O)[C@@H](NC(=O)CCOCCOCCOCCOCCNC(=O)CCC(=O)N3Cc4ccccc4C#Cc4ccccc43)C(C)C)cc2)O1. The molecule has 3 aromatic rings. The summed E-state index contributed by atoms with van der Waals surface area (Å²) in [6.45, 7) is 9.90. The van der Waals surface area contributed by atoms with Gasteiger partial charge in [0.05, 0.1) is 77.3 Å². The van der Waals surface area contributed by atoms with Gasteiger partial charge in [-0.05, 0) is 116 Å². The van der Waals surface area contributed by atoms with E-state index in [0.717, 1.165) is 22.8 Å². The number of ether oxygens (including phenoxy) is 8. The van der Waals surface area contributed by atoms with Gasteiger partial charge in [-0.3, -0.25) is 33.6 Å². The van der Waals surface area contributed by atoms with Crippen molar-refractivity contribution < 1.29 is 99.7 Å². The van der Waals surface area contributed by atoms with E-state index < -0.39 is 131 Å². The molecule has 4 fully saturated rings. The molecule has 3 saturated carbocycles. The van der Waals surface area contributed by atoms with Gasteiger partial charge >= 0.3 is 18.2 Å². The predicted octanol–water partition coefficient (Wildman–Crippen LogP) is 5.73. The van der Waals surface area contributed by atoms with Crippen LogP contribution in [0, 0.1) is 40.4 Å². The Bertz CT molecular complexity index is 3810. The maximum atomic E-state index is 17.9. The summed E-state index contributed by atoms with van der Waals surface area (Å²) >= 11 is 0. The minimum atomic E-state index is -2.40. The number of primary amides is 1. The van der Waals surface area contributed by atoms with Crippen molar-refractivity contribution in [1.82, 2.24) is 31.9 Å². The van der Waals surface area contributed by atoms with Crippen LogP contribution in [0.25, 0.3) is 0 Å². The lowest BCUT2D eigenvalue weighted by Gasteiger charge is -2.63. The van der Waals surface area contributed by atoms with Gasteiger partial charge in [0.15, 0.2) is 29.9 Å². The van der Waals surface area contributed by atoms with E-state index in [9.17, 15) is 53.1 Å². The number of para-hydroxylation sites is 1. The number of allylic oxidation sites excluding steroid dienone is 4. The van der Waals surface area contributed by atoms with Crippen molar-refractivity contribution in [3.63, 3.8) is 0 Å². The topological polar surface area (TPSA) is 378 Å². The third-order valence-electron chi connectivity index (χ3n) is 20.7. The molecule has 6 aliphatic rings. The molecule has 1 unspecified atom stereocenters. The van der Waals surface area contributed by atoms with Crippen LogP contribution in [0.15, 0.2) is 96.6 Å². The first-order valence-electron chi connectivity index (χ1n) is 36.6. The minimum absolute atomic E-state index is 0.0211. The summed E-state index contributed by atoms with van der Waals surface area (Å²) in [5.41, 5.74) is 2.19. The second-order valence-corrected chi connectivity index (χ2v) is 28.1. The third-order valence-corrected chi connectivity index (χ3v) is 20.7. The van der Waals surface area contributed by atoms with Crippen molar-refractivity contribution in [3.8, 4) is 11.8 Å². The molecule has 2 aliphatic heterocycles. The Labute approximate surface area is 620 Å². The zero-order valence-corrected chi connectivity index (χ0v) is 61.1. The number of hydrogen-bond acceptors (Lipinski definition) is 19. The van der Waals surface area contributed by atoms with Crippen LogP contribution >= 0.6 is 0 Å². The lowest BCUT2D eigenvalue weighted by Crippen LogP contribution is -2.71. The average Bonchev–Trinajstić information content (AvgIpc) is 1.18. The molecule has 30 heteroatoms. The van der Waals surface area contributed by atoms with Crippen LogP contribution in [-0.4, -0.2) is 198 Å². The molecule has 9 rings (SSSR count). The van der Waals surface area contributed by atoms with Crippen LogP contribution < -0.4 is 47.9 Å². The number of urea groups is 1. The second-order valence-electron chi connectivity index (χ2n) is 28.1. The van der Waals surface area contributed by atoms with Crippen molar-refractivity contribution >= 4 is 70.7 Å². The van der Waals surface area contributed by atoms with Gasteiger partial charge in [-0.2, -0.15) is 0 Å². The molecule has 107 heavy (non-hydrogen) atoms. The van der Waals surface area contributed by atoms with Gasteiger partial charge < -0.3 is 90.9 Å². The fraction of sp³-hybridized carbons (Fsp3) is 0.558. The molecular formula is C77H99F2N9O19. The monoisotopic (exact) mass is 1490 g/mol. The van der Waals surface area contributed by atoms with E-state index in [4.69, 9.17) is 43.6 Å². The number of alkyl halides is 2. The number of carbonyl (C=O) groups excluding carboxylic acids is 10. The lowest BCUT2D eigenvalue weighted by atomic mass is 9.44. The van der Waals surface area contributed by atoms with Gasteiger partial charge in [0.1, 0.15) is 24.9 Å². The molecule has 9 amide bonds. The Morgan fingerprint density at radius 3 is 2.07 bits per heavy atom. The maximum absolute atomic E-state index is 17.9. The maximum Gasteiger partial charge on any atom is 0.407 e. The number of anilines is 2. The van der Waals surface area contributed by atoms with Crippen molar-refractivity contribution in [2.24, 2.45) is 34.3 Å². The number of aliphatic hydroxyl groups excluding tert-OH is 1. The molecule has 12 atom stereocenters. The van der Waals surface area contributed by atoms with E-state index in [2.05, 4.69) is 49.1 Å². The lowest BCUT2D eigenvalue weighted by molar-refractivity contribution is -0.234. The number of nitrogens with zero attached hydrogens (tertiary/aromatic N) is 1. The number of nitrogens with two attached hydrogens (primary N) is 1. The molecule has 0 radical (unpaired) electrons. The number of aliphatic hydroxyl groups is 1. The highest BCUT2D eigenvalue weighted by molar-refractivity contribution is 6.02. The molecule has 2 heterocycles. The molecule has 28 nitrogen and oxygen atoms in total. The van der Waals surface area contributed by atoms with E-state index in [1.54, 1.807) is 49.9 Å². The smallest absolute Gasteiger partial charge is 0.407 e. The molecule has 580 valence electrons. The summed E-state index contributed by atoms with van der Waals surface area (Å²) in [7, 11) is 0. The Morgan fingerprint density at radius 2 is 1.38 bits per heavy atom. The second kappa shape index (κ2) is 38.0. The normalized spacial score (nSPS) is 24.8. The number of hydrogen-bond donors (Lipinski definition) is 9. The van der Waals surface area contributed by atoms with Crippen LogP contribution in [0.2, 0.25) is 0 Å². The standard InChI is InChI=1S/C77H99F2N9O19/c1-6-12-67-106-63-43-55-56-42-58(78)57-41-54(89)26-28-74(57,4)76(56,79)61(90)44-75(55,5)77(63,107-67)62(91)47-105-73(99)84-31-30-83-72(98)104-46-49-18-22-53(23-19-49)85-69(95)59(16-11-29-82-71(80)97)86-70(96)68(48(2)3)87-65(93)27-33-100-35-37-102-39-40-103-38-36-101-34-32-81-64(92)24-25-66(94)88-45-52-15-8-7-13-50(52)20-21-51-14-9-10-17-60(51)88/h7-10,13-15,17-19,22-23,26,28,41,48,55-56,58-59,61,63,67-68,90H,6,11-12,16,24-25,27,29-40,42-47H2,1-5H3,(H,81,92)(H,83,98)(H,84,99)(H,85,95)(H,86,96)(H,87,93)(H3,80,82,97)/t55-,56-,58-,59-,61-,63+,67?,68-,74-,75-,76-,77+/m0/s1. The number of ketones is 2. The van der Waals surface area contributed by atoms with Gasteiger partial charge in [0.2, 0.25) is 35.3 Å². The summed E-state index contributed by atoms with van der Waals surface area (Å²) < 4.78 is 79.8. The summed E-state index contributed by atoms with van der Waals surface area (Å²) in [5, 5.41) is 30.3. The number of amides is 9. The third kappa shape index (κ3) is 20.1. The number of rotatable bonds is 38. The number of carbonyl (C=O) groups is 10. The first kappa shape index (κ1) is 81.8. The van der Waals surface area contributed by atoms with Gasteiger partial charge in [-0.15, -0.1) is 0 Å². The Balaban J connectivity index is 0.618. The summed E-state index contributed by atoms with van der Waals surface area (Å²) in [6, 6.07) is 18.5. The Kier molecular flexibility index (Phi) is 29.1. The fourth-order valence-electron chi connectivity index (χ4n) is 15.3. The number of halogens is 2. The number of nitrogens with one attached hydrogen (secondary N) is 7. The molecule has 10 N–H and O–H groups in total. The van der Waals surface area contributed by atoms with Gasteiger partial charge in [0.25, 0.3) is 0 Å². The van der Waals surface area contributed by atoms with Crippen molar-refractivity contribution in [1.29, 1.82) is 0 Å². The largest absolute Gasteiger partial charge is 0.445 e. The first-order chi connectivity index (χ1) is 51.3. The molecule has 0 aromatic heterocycles. The molecule has 4 aliphatic carbocycles. The van der Waals surface area contributed by atoms with Crippen LogP contribution in [0.3, 0.4) is 0 Å². The first-order valence-corrected chi connectivity index (χ1v) is 36.6. The highest BCUT2D eigenvalue weighted by Gasteiger charge is 2.80. The van der Waals surface area contributed by atoms with Crippen LogP contribution in [0.5, 0.6) is 0 Å². The minimum Gasteiger partial charge on any atom is -0.445 e. The van der Waals surface area contributed by atoms with E-state index >= 15 is 8.78 Å². The predicted molar refractivity (Wildman–Crippen MR) is 385 cm³/mol. The number of benzene rings is 3. The highest BCUT2D eigenvalue weighted by atomic mass is 19.1. The number of fused-ring (bicyclic) bond motifs is 9. The van der Waals surface area contributed by atoms with Crippen molar-refractivity contribution in [2.45, 2.75) is 160 Å². The molecule has 1 saturated heterocycles. The van der Waals surface area contributed by atoms with E-state index in [0.29, 0.717) is 42.9 Å². The zero-order chi connectivity index (χ0) is 76.9. The molecule has 0 spiro atoms. The van der Waals surface area contributed by atoms with E-state index in [-0.39, 0.29) is 148 Å². The van der Waals surface area contributed by atoms with Crippen LogP contribution in [0.4, 0.5) is 34.5 Å². The fourth-order valence-corrected chi connectivity index (χ4v) is 15.3.